The molecule has 3 rings (SSSR count). The number of aromatic nitrogens is 1. The van der Waals surface area contributed by atoms with Gasteiger partial charge in [0.25, 0.3) is 0 Å². The highest BCUT2D eigenvalue weighted by molar-refractivity contribution is 6.34. The van der Waals surface area contributed by atoms with Crippen molar-refractivity contribution in [3.63, 3.8) is 0 Å². The van der Waals surface area contributed by atoms with E-state index < -0.39 is 11.4 Å². The van der Waals surface area contributed by atoms with Gasteiger partial charge < -0.3 is 15.0 Å². The Balaban J connectivity index is 1.92. The lowest BCUT2D eigenvalue weighted by atomic mass is 10.1. The van der Waals surface area contributed by atoms with E-state index in [9.17, 15) is 14.7 Å². The largest absolute Gasteiger partial charge is 0.477 e. The summed E-state index contributed by atoms with van der Waals surface area (Å²) >= 11 is 12.3. The highest BCUT2D eigenvalue weighted by atomic mass is 35.5. The van der Waals surface area contributed by atoms with Gasteiger partial charge in [-0.1, -0.05) is 35.3 Å². The van der Waals surface area contributed by atoms with Crippen molar-refractivity contribution >= 4 is 45.8 Å². The van der Waals surface area contributed by atoms with Gasteiger partial charge >= 0.3 is 5.97 Å². The molecule has 140 valence electrons. The maximum Gasteiger partial charge on any atom is 0.341 e. The minimum Gasteiger partial charge on any atom is -0.477 e. The average Bonchev–Trinajstić information content (AvgIpc) is 2.64. The highest BCUT2D eigenvalue weighted by Crippen LogP contribution is 2.27. The number of nitrogens with one attached hydrogen (secondary N) is 1. The summed E-state index contributed by atoms with van der Waals surface area (Å²) in [6.07, 6.45) is 2.11. The zero-order valence-corrected chi connectivity index (χ0v) is 16.1. The van der Waals surface area contributed by atoms with Gasteiger partial charge in [0.05, 0.1) is 16.2 Å². The maximum absolute atomic E-state index is 12.6. The van der Waals surface area contributed by atoms with E-state index in [2.05, 4.69) is 5.32 Å². The number of fused-ring (bicyclic) bond motifs is 1. The van der Waals surface area contributed by atoms with Crippen molar-refractivity contribution in [3.8, 4) is 0 Å². The number of carboxylic acids is 1. The Labute approximate surface area is 166 Å². The zero-order chi connectivity index (χ0) is 19.6. The number of carbonyl (C=O) groups is 1. The van der Waals surface area contributed by atoms with Gasteiger partial charge in [-0.25, -0.2) is 4.79 Å². The van der Waals surface area contributed by atoms with Crippen LogP contribution in [0.2, 0.25) is 10.0 Å². The van der Waals surface area contributed by atoms with Crippen LogP contribution in [0, 0.1) is 0 Å². The van der Waals surface area contributed by atoms with Gasteiger partial charge in [0.2, 0.25) is 5.43 Å². The summed E-state index contributed by atoms with van der Waals surface area (Å²) in [6.45, 7) is 3.01. The van der Waals surface area contributed by atoms with Gasteiger partial charge in [-0.15, -0.1) is 0 Å². The molecule has 0 aliphatic heterocycles. The molecule has 0 fully saturated rings. The lowest BCUT2D eigenvalue weighted by Gasteiger charge is -2.14. The molecule has 0 saturated heterocycles. The Morgan fingerprint density at radius 3 is 2.52 bits per heavy atom. The molecule has 0 saturated carbocycles. The minimum atomic E-state index is -1.24. The molecule has 0 aliphatic carbocycles. The molecule has 0 aliphatic rings. The molecular formula is C20H18Cl2N2O3. The highest BCUT2D eigenvalue weighted by Gasteiger charge is 2.16. The van der Waals surface area contributed by atoms with Crippen LogP contribution >= 0.6 is 23.2 Å². The van der Waals surface area contributed by atoms with E-state index in [1.54, 1.807) is 16.7 Å². The number of pyridine rings is 1. The minimum absolute atomic E-state index is 0.251. The first-order chi connectivity index (χ1) is 12.9. The van der Waals surface area contributed by atoms with Crippen LogP contribution in [0.15, 0.2) is 47.4 Å². The standard InChI is InChI=1S/C20H18Cl2N2O3/c1-2-24-11-15(20(26)27)19(25)14-9-17(16(22)10-18(14)24)23-8-7-12-3-5-13(21)6-4-12/h3-6,9-11,23H,2,7-8H2,1H3,(H,26,27). The number of hydrogen-bond acceptors (Lipinski definition) is 3. The van der Waals surface area contributed by atoms with E-state index in [1.807, 2.05) is 31.2 Å². The predicted molar refractivity (Wildman–Crippen MR) is 109 cm³/mol. The number of halogens is 2. The van der Waals surface area contributed by atoms with Crippen LogP contribution in [-0.4, -0.2) is 22.2 Å². The Morgan fingerprint density at radius 1 is 1.19 bits per heavy atom. The second-order valence-electron chi connectivity index (χ2n) is 6.12. The van der Waals surface area contributed by atoms with Gasteiger partial charge in [0, 0.05) is 29.7 Å². The molecule has 0 amide bonds. The number of anilines is 1. The van der Waals surface area contributed by atoms with E-state index >= 15 is 0 Å². The molecule has 27 heavy (non-hydrogen) atoms. The molecule has 0 unspecified atom stereocenters. The molecule has 7 heteroatoms. The summed E-state index contributed by atoms with van der Waals surface area (Å²) < 4.78 is 1.71. The summed E-state index contributed by atoms with van der Waals surface area (Å²) in [7, 11) is 0. The average molecular weight is 405 g/mol. The van der Waals surface area contributed by atoms with Crippen LogP contribution in [0.25, 0.3) is 10.9 Å². The van der Waals surface area contributed by atoms with Gasteiger partial charge in [-0.2, -0.15) is 0 Å². The van der Waals surface area contributed by atoms with Crippen LogP contribution in [0.1, 0.15) is 22.8 Å². The molecule has 0 radical (unpaired) electrons. The van der Waals surface area contributed by atoms with E-state index in [4.69, 9.17) is 23.2 Å². The topological polar surface area (TPSA) is 71.3 Å². The lowest BCUT2D eigenvalue weighted by molar-refractivity contribution is 0.0695. The number of hydrogen-bond donors (Lipinski definition) is 2. The lowest BCUT2D eigenvalue weighted by Crippen LogP contribution is -2.19. The van der Waals surface area contributed by atoms with Gasteiger partial charge in [-0.05, 0) is 43.2 Å². The van der Waals surface area contributed by atoms with Crippen LogP contribution < -0.4 is 10.7 Å². The first-order valence-electron chi connectivity index (χ1n) is 8.49. The molecular weight excluding hydrogens is 387 g/mol. The fourth-order valence-corrected chi connectivity index (χ4v) is 3.30. The SMILES string of the molecule is CCn1cc(C(=O)O)c(=O)c2cc(NCCc3ccc(Cl)cc3)c(Cl)cc21. The van der Waals surface area contributed by atoms with E-state index in [-0.39, 0.29) is 5.56 Å². The van der Waals surface area contributed by atoms with E-state index in [0.717, 1.165) is 12.0 Å². The number of aromatic carboxylic acids is 1. The van der Waals surface area contributed by atoms with Gasteiger partial charge in [0.15, 0.2) is 0 Å². The Morgan fingerprint density at radius 2 is 1.89 bits per heavy atom. The summed E-state index contributed by atoms with van der Waals surface area (Å²) in [5.41, 5.74) is 1.56. The van der Waals surface area contributed by atoms with Crippen molar-refractivity contribution in [1.82, 2.24) is 4.57 Å². The third-order valence-electron chi connectivity index (χ3n) is 4.38. The van der Waals surface area contributed by atoms with Gasteiger partial charge in [0.1, 0.15) is 5.56 Å². The Hall–Kier alpha value is -2.50. The fourth-order valence-electron chi connectivity index (χ4n) is 2.95. The van der Waals surface area contributed by atoms with Crippen molar-refractivity contribution in [2.24, 2.45) is 0 Å². The van der Waals surface area contributed by atoms with Crippen LogP contribution in [0.5, 0.6) is 0 Å². The number of rotatable bonds is 6. The molecule has 2 N–H and O–H groups in total. The quantitative estimate of drug-likeness (QED) is 0.625. The molecule has 0 atom stereocenters. The first-order valence-corrected chi connectivity index (χ1v) is 9.24. The number of carboxylic acid groups (broad SMARTS) is 1. The van der Waals surface area contributed by atoms with E-state index in [1.165, 1.54) is 6.20 Å². The number of nitrogens with zero attached hydrogens (tertiary/aromatic N) is 1. The van der Waals surface area contributed by atoms with Crippen molar-refractivity contribution in [1.29, 1.82) is 0 Å². The summed E-state index contributed by atoms with van der Waals surface area (Å²) in [6, 6.07) is 10.9. The third-order valence-corrected chi connectivity index (χ3v) is 4.95. The monoisotopic (exact) mass is 404 g/mol. The third kappa shape index (κ3) is 4.10. The van der Waals surface area contributed by atoms with Crippen molar-refractivity contribution in [2.45, 2.75) is 19.9 Å². The second-order valence-corrected chi connectivity index (χ2v) is 6.96. The molecule has 0 bridgehead atoms. The van der Waals surface area contributed by atoms with Crippen molar-refractivity contribution < 1.29 is 9.90 Å². The van der Waals surface area contributed by atoms with Crippen molar-refractivity contribution in [2.75, 3.05) is 11.9 Å². The first kappa shape index (κ1) is 19.3. The van der Waals surface area contributed by atoms with Crippen LogP contribution in [0.4, 0.5) is 5.69 Å². The molecule has 1 heterocycles. The smallest absolute Gasteiger partial charge is 0.341 e. The molecule has 0 spiro atoms. The van der Waals surface area contributed by atoms with Crippen LogP contribution in [-0.2, 0) is 13.0 Å². The normalized spacial score (nSPS) is 10.9. The molecule has 3 aromatic rings. The number of aryl methyl sites for hydroxylation is 1. The van der Waals surface area contributed by atoms with Crippen LogP contribution in [0.3, 0.4) is 0 Å². The summed E-state index contributed by atoms with van der Waals surface area (Å²) in [5.74, 6) is -1.24. The molecule has 1 aromatic heterocycles. The Kier molecular flexibility index (Phi) is 5.73. The molecule has 5 nitrogen and oxygen atoms in total. The maximum atomic E-state index is 12.6. The zero-order valence-electron chi connectivity index (χ0n) is 14.6. The second kappa shape index (κ2) is 8.03. The van der Waals surface area contributed by atoms with Crippen molar-refractivity contribution in [3.05, 3.63) is 74.0 Å². The van der Waals surface area contributed by atoms with E-state index in [0.29, 0.717) is 39.7 Å². The predicted octanol–water partition coefficient (Wildman–Crippen LogP) is 4.68. The molecule has 2 aromatic carbocycles. The fraction of sp³-hybridized carbons (Fsp3) is 0.200. The Bertz CT molecular complexity index is 1060. The summed E-state index contributed by atoms with van der Waals surface area (Å²) in [4.78, 5) is 23.9. The van der Waals surface area contributed by atoms with Gasteiger partial charge in [-0.3, -0.25) is 4.79 Å². The summed E-state index contributed by atoms with van der Waals surface area (Å²) in [5, 5.41) is 14.0. The number of benzene rings is 2.